The Morgan fingerprint density at radius 2 is 1.89 bits per heavy atom. The van der Waals surface area contributed by atoms with Crippen LogP contribution in [-0.4, -0.2) is 72.3 Å². The summed E-state index contributed by atoms with van der Waals surface area (Å²) in [7, 11) is 1.69. The maximum atomic E-state index is 13.4. The summed E-state index contributed by atoms with van der Waals surface area (Å²) in [4.78, 5) is 28.2. The molecule has 9 nitrogen and oxygen atoms in total. The molecule has 186 valence electrons. The van der Waals surface area contributed by atoms with E-state index in [9.17, 15) is 4.79 Å². The second kappa shape index (κ2) is 8.98. The number of nitrogens with zero attached hydrogens (tertiary/aromatic N) is 3. The Morgan fingerprint density at radius 1 is 1.11 bits per heavy atom. The van der Waals surface area contributed by atoms with Gasteiger partial charge in [-0.3, -0.25) is 4.79 Å². The smallest absolute Gasteiger partial charge is 0.257 e. The molecule has 2 aromatic carbocycles. The van der Waals surface area contributed by atoms with E-state index in [1.807, 2.05) is 30.0 Å². The average molecular weight is 488 g/mol. The number of benzene rings is 2. The Kier molecular flexibility index (Phi) is 5.64. The van der Waals surface area contributed by atoms with E-state index in [4.69, 9.17) is 19.2 Å². The van der Waals surface area contributed by atoms with Crippen molar-refractivity contribution in [2.24, 2.45) is 0 Å². The number of aromatic amines is 1. The van der Waals surface area contributed by atoms with Crippen molar-refractivity contribution in [2.75, 3.05) is 46.5 Å². The van der Waals surface area contributed by atoms with Gasteiger partial charge in [-0.25, -0.2) is 9.97 Å². The molecule has 1 amide bonds. The second-order valence-electron chi connectivity index (χ2n) is 9.09. The lowest BCUT2D eigenvalue weighted by atomic mass is 10.00. The number of hydrogen-bond acceptors (Lipinski definition) is 7. The molecule has 2 aliphatic heterocycles. The van der Waals surface area contributed by atoms with Crippen LogP contribution < -0.4 is 19.5 Å². The fourth-order valence-corrected chi connectivity index (χ4v) is 5.17. The lowest BCUT2D eigenvalue weighted by Gasteiger charge is -2.29. The summed E-state index contributed by atoms with van der Waals surface area (Å²) < 4.78 is 17.9. The van der Waals surface area contributed by atoms with Gasteiger partial charge in [0, 0.05) is 42.6 Å². The number of aryl methyl sites for hydroxylation is 2. The lowest BCUT2D eigenvalue weighted by molar-refractivity contribution is 0.0725. The highest BCUT2D eigenvalue weighted by atomic mass is 16.6. The molecule has 0 spiro atoms. The van der Waals surface area contributed by atoms with Gasteiger partial charge in [0.2, 0.25) is 0 Å². The Hall–Kier alpha value is -3.85. The molecule has 0 atom stereocenters. The highest BCUT2D eigenvalue weighted by molar-refractivity contribution is 6.13. The number of hydrogen-bond donors (Lipinski definition) is 2. The van der Waals surface area contributed by atoms with Crippen molar-refractivity contribution in [3.63, 3.8) is 0 Å². The van der Waals surface area contributed by atoms with E-state index in [0.29, 0.717) is 49.2 Å². The topological polar surface area (TPSA) is 102 Å². The van der Waals surface area contributed by atoms with Crippen molar-refractivity contribution >= 4 is 27.8 Å². The van der Waals surface area contributed by atoms with Gasteiger partial charge < -0.3 is 29.4 Å². The molecule has 0 unspecified atom stereocenters. The summed E-state index contributed by atoms with van der Waals surface area (Å²) in [5.74, 6) is 2.46. The third-order valence-corrected chi connectivity index (χ3v) is 6.92. The van der Waals surface area contributed by atoms with Crippen LogP contribution in [0.25, 0.3) is 33.2 Å². The van der Waals surface area contributed by atoms with Gasteiger partial charge in [-0.2, -0.15) is 0 Å². The number of carbonyl (C=O) groups excluding carboxylic acids is 1. The van der Waals surface area contributed by atoms with Crippen molar-refractivity contribution < 1.29 is 19.0 Å². The van der Waals surface area contributed by atoms with Crippen LogP contribution in [0.4, 0.5) is 0 Å². The third-order valence-electron chi connectivity index (χ3n) is 6.92. The summed E-state index contributed by atoms with van der Waals surface area (Å²) in [6, 6.07) is 7.91. The zero-order valence-corrected chi connectivity index (χ0v) is 20.7. The van der Waals surface area contributed by atoms with Crippen LogP contribution in [0.2, 0.25) is 0 Å². The molecule has 2 N–H and O–H groups in total. The molecule has 1 saturated heterocycles. The molecule has 2 aliphatic rings. The fourth-order valence-electron chi connectivity index (χ4n) is 5.17. The minimum Gasteiger partial charge on any atom is -0.496 e. The van der Waals surface area contributed by atoms with Gasteiger partial charge >= 0.3 is 0 Å². The van der Waals surface area contributed by atoms with Gasteiger partial charge in [0.15, 0.2) is 11.5 Å². The first-order chi connectivity index (χ1) is 17.6. The molecule has 4 heterocycles. The summed E-state index contributed by atoms with van der Waals surface area (Å²) >= 11 is 0. The number of methoxy groups -OCH3 is 1. The summed E-state index contributed by atoms with van der Waals surface area (Å²) in [5.41, 5.74) is 4.86. The van der Waals surface area contributed by atoms with Crippen molar-refractivity contribution in [1.82, 2.24) is 25.2 Å². The van der Waals surface area contributed by atoms with Crippen LogP contribution in [0.1, 0.15) is 28.7 Å². The van der Waals surface area contributed by atoms with Crippen LogP contribution in [0, 0.1) is 6.92 Å². The number of amides is 1. The van der Waals surface area contributed by atoms with Crippen LogP contribution in [0.15, 0.2) is 24.3 Å². The molecular formula is C27H29N5O4. The van der Waals surface area contributed by atoms with E-state index in [-0.39, 0.29) is 5.91 Å². The number of fused-ring (bicyclic) bond motifs is 4. The normalized spacial score (nSPS) is 15.5. The molecule has 1 fully saturated rings. The highest BCUT2D eigenvalue weighted by Crippen LogP contribution is 2.45. The Balaban J connectivity index is 1.56. The molecular weight excluding hydrogens is 458 g/mol. The van der Waals surface area contributed by atoms with E-state index in [0.717, 1.165) is 64.0 Å². The predicted octanol–water partition coefficient (Wildman–Crippen LogP) is 3.47. The van der Waals surface area contributed by atoms with E-state index in [1.54, 1.807) is 7.11 Å². The molecule has 9 heteroatoms. The number of carbonyl (C=O) groups is 1. The van der Waals surface area contributed by atoms with E-state index in [2.05, 4.69) is 28.3 Å². The molecule has 0 saturated carbocycles. The third kappa shape index (κ3) is 3.62. The van der Waals surface area contributed by atoms with Crippen LogP contribution >= 0.6 is 0 Å². The molecule has 36 heavy (non-hydrogen) atoms. The molecule has 0 aliphatic carbocycles. The Bertz CT molecular complexity index is 1490. The number of rotatable bonds is 4. The number of nitrogens with one attached hydrogen (secondary N) is 2. The first kappa shape index (κ1) is 22.6. The molecule has 6 rings (SSSR count). The summed E-state index contributed by atoms with van der Waals surface area (Å²) in [6.07, 6.45) is 0.854. The quantitative estimate of drug-likeness (QED) is 0.455. The minimum absolute atomic E-state index is 0.0438. The van der Waals surface area contributed by atoms with Crippen molar-refractivity contribution in [1.29, 1.82) is 0 Å². The maximum absolute atomic E-state index is 13.4. The number of H-pyrrole nitrogens is 1. The van der Waals surface area contributed by atoms with E-state index >= 15 is 0 Å². The van der Waals surface area contributed by atoms with Crippen LogP contribution in [0.3, 0.4) is 0 Å². The van der Waals surface area contributed by atoms with Crippen molar-refractivity contribution in [2.45, 2.75) is 20.3 Å². The lowest BCUT2D eigenvalue weighted by Crippen LogP contribution is -2.46. The number of aromatic nitrogens is 3. The fraction of sp³-hybridized carbons (Fsp3) is 0.370. The number of piperazine rings is 1. The second-order valence-corrected chi connectivity index (χ2v) is 9.09. The van der Waals surface area contributed by atoms with Gasteiger partial charge in [-0.05, 0) is 43.2 Å². The maximum Gasteiger partial charge on any atom is 0.257 e. The number of ether oxygens (including phenoxy) is 3. The van der Waals surface area contributed by atoms with Gasteiger partial charge in [-0.15, -0.1) is 0 Å². The average Bonchev–Trinajstić information content (AvgIpc) is 3.28. The largest absolute Gasteiger partial charge is 0.496 e. The van der Waals surface area contributed by atoms with Gasteiger partial charge in [-0.1, -0.05) is 6.92 Å². The summed E-state index contributed by atoms with van der Waals surface area (Å²) in [5, 5.41) is 5.14. The SMILES string of the molecule is CCc1cc2[nH]c3nc(C)nc(-c4ccc(C(=O)N5CCNCC5)c5c4OCCO5)c3c2cc1OC. The first-order valence-corrected chi connectivity index (χ1v) is 12.4. The Morgan fingerprint density at radius 3 is 2.64 bits per heavy atom. The van der Waals surface area contributed by atoms with Gasteiger partial charge in [0.05, 0.1) is 23.8 Å². The summed E-state index contributed by atoms with van der Waals surface area (Å²) in [6.45, 7) is 7.67. The van der Waals surface area contributed by atoms with Crippen LogP contribution in [0.5, 0.6) is 17.2 Å². The van der Waals surface area contributed by atoms with E-state index in [1.165, 1.54) is 0 Å². The van der Waals surface area contributed by atoms with Crippen molar-refractivity contribution in [3.8, 4) is 28.5 Å². The van der Waals surface area contributed by atoms with Crippen LogP contribution in [-0.2, 0) is 6.42 Å². The monoisotopic (exact) mass is 487 g/mol. The minimum atomic E-state index is -0.0438. The molecule has 0 bridgehead atoms. The van der Waals surface area contributed by atoms with Gasteiger partial charge in [0.1, 0.15) is 30.4 Å². The predicted molar refractivity (Wildman–Crippen MR) is 137 cm³/mol. The molecule has 4 aromatic rings. The molecule has 0 radical (unpaired) electrons. The van der Waals surface area contributed by atoms with Crippen molar-refractivity contribution in [3.05, 3.63) is 41.2 Å². The Labute approximate surface area is 208 Å². The highest BCUT2D eigenvalue weighted by Gasteiger charge is 2.29. The zero-order chi connectivity index (χ0) is 24.8. The first-order valence-electron chi connectivity index (χ1n) is 12.4. The zero-order valence-electron chi connectivity index (χ0n) is 20.7. The van der Waals surface area contributed by atoms with E-state index < -0.39 is 0 Å². The standard InChI is InChI=1S/C27H29N5O4/c1-4-16-13-20-19(14-21(16)34-3)22-23(29-15(2)30-26(22)31-20)17-5-6-18(25-24(17)35-11-12-36-25)27(33)32-9-7-28-8-10-32/h5-6,13-14,28H,4,7-12H2,1-3H3,(H,29,30,31). The molecule has 2 aromatic heterocycles. The van der Waals surface area contributed by atoms with Gasteiger partial charge in [0.25, 0.3) is 5.91 Å².